The van der Waals surface area contributed by atoms with Gasteiger partial charge in [-0.05, 0) is 43.7 Å². The van der Waals surface area contributed by atoms with E-state index < -0.39 is 0 Å². The SMILES string of the molecule is COc1ccc(NC(=O)Cc2nc3sc(C)c(-c4ccc(C)cc4)c3c(=O)[nH]2)cc1. The van der Waals surface area contributed by atoms with Crippen LogP contribution in [0.2, 0.25) is 0 Å². The Morgan fingerprint density at radius 1 is 1.10 bits per heavy atom. The molecular formula is C23H21N3O3S. The van der Waals surface area contributed by atoms with Crippen LogP contribution in [0, 0.1) is 13.8 Å². The Morgan fingerprint density at radius 2 is 1.80 bits per heavy atom. The van der Waals surface area contributed by atoms with Gasteiger partial charge in [0.1, 0.15) is 16.4 Å². The summed E-state index contributed by atoms with van der Waals surface area (Å²) in [6.45, 7) is 4.01. The predicted octanol–water partition coefficient (Wildman–Crippen LogP) is 4.46. The van der Waals surface area contributed by atoms with Crippen molar-refractivity contribution in [1.82, 2.24) is 9.97 Å². The second kappa shape index (κ2) is 8.12. The monoisotopic (exact) mass is 419 g/mol. The van der Waals surface area contributed by atoms with Gasteiger partial charge in [0.2, 0.25) is 5.91 Å². The normalized spacial score (nSPS) is 10.9. The number of carbonyl (C=O) groups is 1. The third-order valence-corrected chi connectivity index (χ3v) is 5.83. The molecule has 7 heteroatoms. The summed E-state index contributed by atoms with van der Waals surface area (Å²) in [6, 6.07) is 15.1. The van der Waals surface area contributed by atoms with Crippen molar-refractivity contribution in [3.05, 3.63) is 75.1 Å². The average Bonchev–Trinajstić information content (AvgIpc) is 3.05. The number of H-pyrrole nitrogens is 1. The fraction of sp³-hybridized carbons (Fsp3) is 0.174. The zero-order chi connectivity index (χ0) is 21.3. The highest BCUT2D eigenvalue weighted by molar-refractivity contribution is 7.19. The third kappa shape index (κ3) is 3.97. The molecule has 6 nitrogen and oxygen atoms in total. The number of rotatable bonds is 5. The fourth-order valence-corrected chi connectivity index (χ4v) is 4.41. The van der Waals surface area contributed by atoms with E-state index >= 15 is 0 Å². The molecule has 0 spiro atoms. The zero-order valence-corrected chi connectivity index (χ0v) is 17.7. The highest BCUT2D eigenvalue weighted by Gasteiger charge is 2.17. The van der Waals surface area contributed by atoms with Gasteiger partial charge in [0.05, 0.1) is 18.9 Å². The second-order valence-electron chi connectivity index (χ2n) is 7.05. The summed E-state index contributed by atoms with van der Waals surface area (Å²) >= 11 is 1.46. The molecular weight excluding hydrogens is 398 g/mol. The molecule has 0 fully saturated rings. The lowest BCUT2D eigenvalue weighted by Crippen LogP contribution is -2.19. The van der Waals surface area contributed by atoms with Crippen LogP contribution in [0.5, 0.6) is 5.75 Å². The van der Waals surface area contributed by atoms with E-state index in [0.29, 0.717) is 27.5 Å². The Kier molecular flexibility index (Phi) is 5.37. The van der Waals surface area contributed by atoms with Gasteiger partial charge in [0.25, 0.3) is 5.56 Å². The maximum atomic E-state index is 12.8. The first-order valence-corrected chi connectivity index (χ1v) is 10.3. The number of carbonyl (C=O) groups excluding carboxylic acids is 1. The van der Waals surface area contributed by atoms with Crippen molar-refractivity contribution in [2.45, 2.75) is 20.3 Å². The number of fused-ring (bicyclic) bond motifs is 1. The Bertz CT molecular complexity index is 1270. The number of methoxy groups -OCH3 is 1. The topological polar surface area (TPSA) is 84.1 Å². The van der Waals surface area contributed by atoms with Gasteiger partial charge in [-0.1, -0.05) is 29.8 Å². The van der Waals surface area contributed by atoms with Crippen LogP contribution in [-0.4, -0.2) is 23.0 Å². The summed E-state index contributed by atoms with van der Waals surface area (Å²) < 4.78 is 5.11. The van der Waals surface area contributed by atoms with Crippen LogP contribution in [0.15, 0.2) is 53.3 Å². The molecule has 0 aliphatic heterocycles. The molecule has 2 N–H and O–H groups in total. The first kappa shape index (κ1) is 19.8. The number of nitrogens with zero attached hydrogens (tertiary/aromatic N) is 1. The summed E-state index contributed by atoms with van der Waals surface area (Å²) in [5.74, 6) is 0.798. The van der Waals surface area contributed by atoms with Crippen LogP contribution in [0.25, 0.3) is 21.3 Å². The van der Waals surface area contributed by atoms with Crippen LogP contribution in [-0.2, 0) is 11.2 Å². The Balaban J connectivity index is 1.61. The number of aromatic nitrogens is 2. The molecule has 30 heavy (non-hydrogen) atoms. The molecule has 0 saturated heterocycles. The summed E-state index contributed by atoms with van der Waals surface area (Å²) in [4.78, 5) is 34.2. The van der Waals surface area contributed by atoms with Crippen LogP contribution in [0.1, 0.15) is 16.3 Å². The number of aromatic amines is 1. The number of amides is 1. The molecule has 0 saturated carbocycles. The minimum Gasteiger partial charge on any atom is -0.497 e. The van der Waals surface area contributed by atoms with Gasteiger partial charge < -0.3 is 15.0 Å². The maximum absolute atomic E-state index is 12.8. The van der Waals surface area contributed by atoms with Gasteiger partial charge in [0.15, 0.2) is 0 Å². The molecule has 0 aliphatic carbocycles. The van der Waals surface area contributed by atoms with Crippen molar-refractivity contribution in [2.75, 3.05) is 12.4 Å². The number of thiophene rings is 1. The third-order valence-electron chi connectivity index (χ3n) is 4.83. The first-order chi connectivity index (χ1) is 14.4. The lowest BCUT2D eigenvalue weighted by atomic mass is 10.0. The fourth-order valence-electron chi connectivity index (χ4n) is 3.35. The number of aryl methyl sites for hydroxylation is 2. The number of benzene rings is 2. The van der Waals surface area contributed by atoms with E-state index in [1.165, 1.54) is 11.3 Å². The molecule has 2 heterocycles. The first-order valence-electron chi connectivity index (χ1n) is 9.48. The quantitative estimate of drug-likeness (QED) is 0.500. The van der Waals surface area contributed by atoms with Gasteiger partial charge in [-0.15, -0.1) is 11.3 Å². The molecule has 0 bridgehead atoms. The largest absolute Gasteiger partial charge is 0.497 e. The van der Waals surface area contributed by atoms with Crippen LogP contribution < -0.4 is 15.6 Å². The highest BCUT2D eigenvalue weighted by atomic mass is 32.1. The molecule has 0 radical (unpaired) electrons. The molecule has 1 amide bonds. The Hall–Kier alpha value is -3.45. The van der Waals surface area contributed by atoms with Gasteiger partial charge in [-0.2, -0.15) is 0 Å². The van der Waals surface area contributed by atoms with E-state index in [2.05, 4.69) is 15.3 Å². The summed E-state index contributed by atoms with van der Waals surface area (Å²) in [6.07, 6.45) is -0.0198. The maximum Gasteiger partial charge on any atom is 0.260 e. The van der Waals surface area contributed by atoms with Gasteiger partial charge in [-0.25, -0.2) is 4.98 Å². The van der Waals surface area contributed by atoms with Gasteiger partial charge in [0, 0.05) is 16.1 Å². The molecule has 0 unspecified atom stereocenters. The van der Waals surface area contributed by atoms with Crippen molar-refractivity contribution in [2.24, 2.45) is 0 Å². The van der Waals surface area contributed by atoms with Crippen LogP contribution in [0.4, 0.5) is 5.69 Å². The molecule has 4 rings (SSSR count). The summed E-state index contributed by atoms with van der Waals surface area (Å²) in [5, 5.41) is 3.37. The van der Waals surface area contributed by atoms with Crippen molar-refractivity contribution in [1.29, 1.82) is 0 Å². The van der Waals surface area contributed by atoms with E-state index in [9.17, 15) is 9.59 Å². The standard InChI is InChI=1S/C23H21N3O3S/c1-13-4-6-15(7-5-13)20-14(2)30-23-21(20)22(28)25-18(26-23)12-19(27)24-16-8-10-17(29-3)11-9-16/h4-11H,12H2,1-3H3,(H,24,27)(H,25,26,28). The Labute approximate surface area is 177 Å². The van der Waals surface area contributed by atoms with E-state index in [4.69, 9.17) is 4.74 Å². The number of anilines is 1. The van der Waals surface area contributed by atoms with E-state index in [1.807, 2.05) is 38.1 Å². The van der Waals surface area contributed by atoms with Crippen LogP contribution in [0.3, 0.4) is 0 Å². The number of nitrogens with one attached hydrogen (secondary N) is 2. The van der Waals surface area contributed by atoms with Gasteiger partial charge >= 0.3 is 0 Å². The second-order valence-corrected chi connectivity index (χ2v) is 8.25. The highest BCUT2D eigenvalue weighted by Crippen LogP contribution is 2.35. The minimum atomic E-state index is -0.255. The summed E-state index contributed by atoms with van der Waals surface area (Å²) in [5.41, 5.74) is 3.47. The molecule has 2 aromatic carbocycles. The van der Waals surface area contributed by atoms with Crippen molar-refractivity contribution in [3.63, 3.8) is 0 Å². The molecule has 0 atom stereocenters. The zero-order valence-electron chi connectivity index (χ0n) is 16.9. The molecule has 152 valence electrons. The van der Waals surface area contributed by atoms with E-state index in [0.717, 1.165) is 21.6 Å². The smallest absolute Gasteiger partial charge is 0.260 e. The lowest BCUT2D eigenvalue weighted by molar-refractivity contribution is -0.115. The minimum absolute atomic E-state index is 0.0198. The van der Waals surface area contributed by atoms with Crippen molar-refractivity contribution < 1.29 is 9.53 Å². The number of ether oxygens (including phenoxy) is 1. The lowest BCUT2D eigenvalue weighted by Gasteiger charge is -2.06. The molecule has 0 aliphatic rings. The number of hydrogen-bond acceptors (Lipinski definition) is 5. The van der Waals surface area contributed by atoms with E-state index in [-0.39, 0.29) is 17.9 Å². The average molecular weight is 420 g/mol. The van der Waals surface area contributed by atoms with Crippen molar-refractivity contribution in [3.8, 4) is 16.9 Å². The van der Waals surface area contributed by atoms with Crippen molar-refractivity contribution >= 4 is 33.1 Å². The number of hydrogen-bond donors (Lipinski definition) is 2. The molecule has 4 aromatic rings. The molecule has 2 aromatic heterocycles. The Morgan fingerprint density at radius 3 is 2.47 bits per heavy atom. The van der Waals surface area contributed by atoms with Gasteiger partial charge in [-0.3, -0.25) is 9.59 Å². The van der Waals surface area contributed by atoms with E-state index in [1.54, 1.807) is 31.4 Å². The van der Waals surface area contributed by atoms with Crippen LogP contribution >= 0.6 is 11.3 Å². The predicted molar refractivity (Wildman–Crippen MR) is 120 cm³/mol. The summed E-state index contributed by atoms with van der Waals surface area (Å²) in [7, 11) is 1.59.